The number of carbonyl (C=O) groups is 1. The first-order valence-corrected chi connectivity index (χ1v) is 8.68. The summed E-state index contributed by atoms with van der Waals surface area (Å²) in [6.45, 7) is 0.624. The third-order valence-corrected chi connectivity index (χ3v) is 5.22. The highest BCUT2D eigenvalue weighted by Crippen LogP contribution is 2.50. The first-order chi connectivity index (χ1) is 12.1. The maximum Gasteiger partial charge on any atom is 0.251 e. The zero-order chi connectivity index (χ0) is 17.4. The van der Waals surface area contributed by atoms with Crippen LogP contribution in [0.2, 0.25) is 5.02 Å². The summed E-state index contributed by atoms with van der Waals surface area (Å²) in [5.41, 5.74) is 2.92. The lowest BCUT2D eigenvalue weighted by Crippen LogP contribution is -2.32. The molecule has 4 rings (SSSR count). The van der Waals surface area contributed by atoms with Gasteiger partial charge in [-0.1, -0.05) is 23.7 Å². The quantitative estimate of drug-likeness (QED) is 0.718. The van der Waals surface area contributed by atoms with Crippen LogP contribution in [0.4, 0.5) is 0 Å². The van der Waals surface area contributed by atoms with Crippen molar-refractivity contribution < 1.29 is 9.53 Å². The van der Waals surface area contributed by atoms with E-state index in [0.717, 1.165) is 23.4 Å². The maximum atomic E-state index is 12.5. The Kier molecular flexibility index (Phi) is 3.92. The molecular weight excluding hydrogens is 336 g/mol. The fraction of sp³-hybridized carbons (Fsp3) is 0.250. The molecule has 1 aromatic heterocycles. The molecule has 0 spiro atoms. The Bertz CT molecular complexity index is 944. The Morgan fingerprint density at radius 2 is 2.12 bits per heavy atom. The van der Waals surface area contributed by atoms with Gasteiger partial charge in [0.05, 0.1) is 7.11 Å². The smallest absolute Gasteiger partial charge is 0.251 e. The van der Waals surface area contributed by atoms with E-state index in [0.29, 0.717) is 17.9 Å². The van der Waals surface area contributed by atoms with E-state index in [4.69, 9.17) is 16.3 Å². The van der Waals surface area contributed by atoms with Crippen molar-refractivity contribution >= 4 is 28.4 Å². The average Bonchev–Trinajstić information content (AvgIpc) is 3.31. The number of methoxy groups -OCH3 is 1. The van der Waals surface area contributed by atoms with Crippen LogP contribution in [0.25, 0.3) is 10.9 Å². The van der Waals surface area contributed by atoms with Gasteiger partial charge in [0.2, 0.25) is 0 Å². The zero-order valence-corrected chi connectivity index (χ0v) is 14.7. The molecule has 1 aliphatic carbocycles. The van der Waals surface area contributed by atoms with Crippen molar-refractivity contribution in [2.24, 2.45) is 0 Å². The summed E-state index contributed by atoms with van der Waals surface area (Å²) >= 11 is 6.07. The fourth-order valence-corrected chi connectivity index (χ4v) is 3.52. The van der Waals surface area contributed by atoms with Crippen LogP contribution in [0, 0.1) is 0 Å². The van der Waals surface area contributed by atoms with E-state index in [1.54, 1.807) is 19.2 Å². The van der Waals surface area contributed by atoms with Crippen molar-refractivity contribution in [3.63, 3.8) is 0 Å². The van der Waals surface area contributed by atoms with Crippen LogP contribution >= 0.6 is 11.6 Å². The van der Waals surface area contributed by atoms with E-state index in [-0.39, 0.29) is 11.3 Å². The normalized spacial score (nSPS) is 15.1. The molecule has 2 N–H and O–H groups in total. The van der Waals surface area contributed by atoms with Crippen LogP contribution in [0.5, 0.6) is 5.75 Å². The van der Waals surface area contributed by atoms with Gasteiger partial charge in [-0.05, 0) is 48.7 Å². The number of aromatic nitrogens is 1. The molecule has 1 aliphatic rings. The molecule has 5 heteroatoms. The van der Waals surface area contributed by atoms with Crippen molar-refractivity contribution in [3.8, 4) is 5.75 Å². The van der Waals surface area contributed by atoms with Gasteiger partial charge in [-0.3, -0.25) is 4.79 Å². The number of ether oxygens (including phenoxy) is 1. The van der Waals surface area contributed by atoms with Crippen molar-refractivity contribution in [3.05, 3.63) is 64.8 Å². The molecule has 3 aromatic rings. The van der Waals surface area contributed by atoms with Gasteiger partial charge in [0.25, 0.3) is 5.91 Å². The fourth-order valence-electron chi connectivity index (χ4n) is 3.35. The molecule has 0 radical (unpaired) electrons. The number of halogens is 1. The lowest BCUT2D eigenvalue weighted by Gasteiger charge is -2.16. The van der Waals surface area contributed by atoms with Crippen LogP contribution in [0.15, 0.2) is 48.7 Å². The minimum absolute atomic E-state index is 0.0145. The maximum absolute atomic E-state index is 12.5. The lowest BCUT2D eigenvalue weighted by atomic mass is 9.95. The number of hydrogen-bond acceptors (Lipinski definition) is 2. The molecule has 4 nitrogen and oxygen atoms in total. The van der Waals surface area contributed by atoms with E-state index in [1.165, 1.54) is 10.9 Å². The number of amides is 1. The van der Waals surface area contributed by atoms with Crippen LogP contribution < -0.4 is 10.1 Å². The Hall–Kier alpha value is -2.46. The van der Waals surface area contributed by atoms with Gasteiger partial charge in [0.15, 0.2) is 0 Å². The molecule has 1 heterocycles. The average molecular weight is 355 g/mol. The van der Waals surface area contributed by atoms with Crippen molar-refractivity contribution in [1.82, 2.24) is 10.3 Å². The van der Waals surface area contributed by atoms with Gasteiger partial charge in [-0.2, -0.15) is 0 Å². The molecule has 0 aliphatic heterocycles. The molecule has 128 valence electrons. The molecular formula is C20H19ClN2O2. The number of rotatable bonds is 5. The second kappa shape index (κ2) is 6.12. The third kappa shape index (κ3) is 2.98. The Morgan fingerprint density at radius 3 is 2.88 bits per heavy atom. The predicted molar refractivity (Wildman–Crippen MR) is 99.5 cm³/mol. The monoisotopic (exact) mass is 354 g/mol. The highest BCUT2D eigenvalue weighted by molar-refractivity contribution is 6.31. The first kappa shape index (κ1) is 16.0. The topological polar surface area (TPSA) is 54.1 Å². The van der Waals surface area contributed by atoms with E-state index in [9.17, 15) is 4.79 Å². The SMILES string of the molecule is COc1cccc(C(=O)NCC2(c3c[nH]c4cc(Cl)ccc34)CC2)c1. The lowest BCUT2D eigenvalue weighted by molar-refractivity contribution is 0.0949. The highest BCUT2D eigenvalue weighted by Gasteiger charge is 2.45. The van der Waals surface area contributed by atoms with Gasteiger partial charge in [0, 0.05) is 39.6 Å². The zero-order valence-electron chi connectivity index (χ0n) is 13.9. The number of fused-ring (bicyclic) bond motifs is 1. The summed E-state index contributed by atoms with van der Waals surface area (Å²) in [4.78, 5) is 15.8. The van der Waals surface area contributed by atoms with Crippen molar-refractivity contribution in [2.75, 3.05) is 13.7 Å². The molecule has 1 saturated carbocycles. The standard InChI is InChI=1S/C20H19ClN2O2/c1-25-15-4-2-3-13(9-15)19(24)23-12-20(7-8-20)17-11-22-18-10-14(21)5-6-16(17)18/h2-6,9-11,22H,7-8,12H2,1H3,(H,23,24). The third-order valence-electron chi connectivity index (χ3n) is 4.99. The molecule has 1 fully saturated rings. The summed E-state index contributed by atoms with van der Waals surface area (Å²) in [6.07, 6.45) is 4.19. The Balaban J connectivity index is 1.52. The van der Waals surface area contributed by atoms with E-state index in [2.05, 4.69) is 10.3 Å². The second-order valence-electron chi connectivity index (χ2n) is 6.59. The Labute approximate surface area is 151 Å². The van der Waals surface area contributed by atoms with Crippen LogP contribution in [-0.2, 0) is 5.41 Å². The molecule has 2 aromatic carbocycles. The van der Waals surface area contributed by atoms with Gasteiger partial charge in [0.1, 0.15) is 5.75 Å². The summed E-state index contributed by atoms with van der Waals surface area (Å²) in [5.74, 6) is 0.607. The Morgan fingerprint density at radius 1 is 1.28 bits per heavy atom. The van der Waals surface area contributed by atoms with Crippen LogP contribution in [0.1, 0.15) is 28.8 Å². The molecule has 0 saturated heterocycles. The summed E-state index contributed by atoms with van der Waals surface area (Å²) in [7, 11) is 1.60. The van der Waals surface area contributed by atoms with Crippen LogP contribution in [0.3, 0.4) is 0 Å². The van der Waals surface area contributed by atoms with E-state index < -0.39 is 0 Å². The number of benzene rings is 2. The minimum atomic E-state index is -0.0759. The van der Waals surface area contributed by atoms with E-state index in [1.807, 2.05) is 36.5 Å². The molecule has 0 atom stereocenters. The molecule has 25 heavy (non-hydrogen) atoms. The molecule has 0 bridgehead atoms. The largest absolute Gasteiger partial charge is 0.497 e. The first-order valence-electron chi connectivity index (χ1n) is 8.31. The molecule has 0 unspecified atom stereocenters. The van der Waals surface area contributed by atoms with Gasteiger partial charge in [-0.15, -0.1) is 0 Å². The summed E-state index contributed by atoms with van der Waals surface area (Å²) in [5, 5.41) is 4.98. The summed E-state index contributed by atoms with van der Waals surface area (Å²) < 4.78 is 5.18. The number of aromatic amines is 1. The second-order valence-corrected chi connectivity index (χ2v) is 7.02. The number of H-pyrrole nitrogens is 1. The van der Waals surface area contributed by atoms with Gasteiger partial charge in [-0.25, -0.2) is 0 Å². The minimum Gasteiger partial charge on any atom is -0.497 e. The van der Waals surface area contributed by atoms with Gasteiger partial charge < -0.3 is 15.0 Å². The summed E-state index contributed by atoms with van der Waals surface area (Å²) in [6, 6.07) is 13.1. The van der Waals surface area contributed by atoms with Gasteiger partial charge >= 0.3 is 0 Å². The number of nitrogens with one attached hydrogen (secondary N) is 2. The van der Waals surface area contributed by atoms with E-state index >= 15 is 0 Å². The predicted octanol–water partition coefficient (Wildman–Crippen LogP) is 4.29. The number of carbonyl (C=O) groups excluding carboxylic acids is 1. The van der Waals surface area contributed by atoms with Crippen molar-refractivity contribution in [2.45, 2.75) is 18.3 Å². The van der Waals surface area contributed by atoms with Crippen molar-refractivity contribution in [1.29, 1.82) is 0 Å². The van der Waals surface area contributed by atoms with Crippen LogP contribution in [-0.4, -0.2) is 24.5 Å². The molecule has 1 amide bonds. The number of hydrogen-bond donors (Lipinski definition) is 2. The highest BCUT2D eigenvalue weighted by atomic mass is 35.5.